The third-order valence-electron chi connectivity index (χ3n) is 3.84. The van der Waals surface area contributed by atoms with Crippen LogP contribution in [-0.4, -0.2) is 20.0 Å². The maximum absolute atomic E-state index is 13.3. The zero-order chi connectivity index (χ0) is 17.2. The van der Waals surface area contributed by atoms with Gasteiger partial charge in [0.2, 0.25) is 0 Å². The Bertz CT molecular complexity index is 963. The number of aryl methyl sites for hydroxylation is 2. The Hall–Kier alpha value is -2.18. The molecule has 1 N–H and O–H groups in total. The van der Waals surface area contributed by atoms with Crippen LogP contribution < -0.4 is 0 Å². The lowest BCUT2D eigenvalue weighted by molar-refractivity contribution is 0.312. The van der Waals surface area contributed by atoms with E-state index in [1.807, 2.05) is 19.2 Å². The summed E-state index contributed by atoms with van der Waals surface area (Å²) in [7, 11) is -3.74. The first-order valence-corrected chi connectivity index (χ1v) is 9.08. The monoisotopic (exact) mass is 347 g/mol. The molecule has 6 heteroatoms. The molecule has 0 unspecified atom stereocenters. The maximum Gasteiger partial charge on any atom is 0.296 e. The number of nitrogens with one attached hydrogen (secondary N) is 1. The number of hydrogen-bond donors (Lipinski definition) is 1. The molecular weight excluding hydrogens is 329 g/mol. The Kier molecular flexibility index (Phi) is 4.69. The quantitative estimate of drug-likeness (QED) is 0.542. The molecule has 0 atom stereocenters. The summed E-state index contributed by atoms with van der Waals surface area (Å²) in [6, 6.07) is 11.2. The molecule has 126 valence electrons. The van der Waals surface area contributed by atoms with Crippen molar-refractivity contribution >= 4 is 21.0 Å². The summed E-state index contributed by atoms with van der Waals surface area (Å²) < 4.78 is 42.7. The zero-order valence-corrected chi connectivity index (χ0v) is 14.1. The predicted molar refractivity (Wildman–Crippen MR) is 90.9 cm³/mol. The van der Waals surface area contributed by atoms with Gasteiger partial charge in [0.25, 0.3) is 10.1 Å². The topological polar surface area (TPSA) is 59.2 Å². The summed E-state index contributed by atoms with van der Waals surface area (Å²) >= 11 is 0. The van der Waals surface area contributed by atoms with Crippen molar-refractivity contribution in [1.82, 2.24) is 4.98 Å². The highest BCUT2D eigenvalue weighted by molar-refractivity contribution is 7.86. The Morgan fingerprint density at radius 1 is 1.17 bits per heavy atom. The van der Waals surface area contributed by atoms with Gasteiger partial charge in [-0.25, -0.2) is 4.39 Å². The van der Waals surface area contributed by atoms with Gasteiger partial charge in [-0.3, -0.25) is 4.18 Å². The first kappa shape index (κ1) is 16.7. The second kappa shape index (κ2) is 6.75. The normalized spacial score (nSPS) is 11.9. The van der Waals surface area contributed by atoms with Crippen molar-refractivity contribution < 1.29 is 17.0 Å². The molecule has 1 heterocycles. The van der Waals surface area contributed by atoms with Crippen LogP contribution in [0.3, 0.4) is 0 Å². The van der Waals surface area contributed by atoms with Crippen LogP contribution in [-0.2, 0) is 20.7 Å². The summed E-state index contributed by atoms with van der Waals surface area (Å²) in [6.07, 6.45) is 2.94. The van der Waals surface area contributed by atoms with Crippen LogP contribution in [0.2, 0.25) is 0 Å². The van der Waals surface area contributed by atoms with Crippen molar-refractivity contribution in [3.8, 4) is 0 Å². The highest BCUT2D eigenvalue weighted by Crippen LogP contribution is 2.21. The molecule has 0 saturated carbocycles. The number of halogens is 1. The summed E-state index contributed by atoms with van der Waals surface area (Å²) in [5.74, 6) is -0.290. The molecule has 1 aromatic heterocycles. The summed E-state index contributed by atoms with van der Waals surface area (Å²) in [5, 5.41) is 0.816. The van der Waals surface area contributed by atoms with Crippen LogP contribution in [0.1, 0.15) is 17.5 Å². The number of benzene rings is 2. The third kappa shape index (κ3) is 3.66. The van der Waals surface area contributed by atoms with E-state index in [9.17, 15) is 12.8 Å². The van der Waals surface area contributed by atoms with Crippen molar-refractivity contribution in [1.29, 1.82) is 0 Å². The average molecular weight is 347 g/mol. The predicted octanol–water partition coefficient (Wildman–Crippen LogP) is 3.95. The van der Waals surface area contributed by atoms with E-state index in [-0.39, 0.29) is 17.3 Å². The standard InChI is InChI=1S/C18H18FNO3S/c1-13-4-2-6-16(10-13)24(21,22)23-9-3-5-14-12-20-18-8-7-15(19)11-17(14)18/h2,4,6-8,10-12,20H,3,5,9H2,1H3. The lowest BCUT2D eigenvalue weighted by Gasteiger charge is -2.06. The lowest BCUT2D eigenvalue weighted by atomic mass is 10.1. The first-order valence-electron chi connectivity index (χ1n) is 7.67. The molecule has 4 nitrogen and oxygen atoms in total. The van der Waals surface area contributed by atoms with Gasteiger partial charge in [0, 0.05) is 17.1 Å². The van der Waals surface area contributed by atoms with E-state index in [0.29, 0.717) is 12.8 Å². The number of H-pyrrole nitrogens is 1. The first-order chi connectivity index (χ1) is 11.5. The minimum atomic E-state index is -3.74. The minimum Gasteiger partial charge on any atom is -0.361 e. The number of aromatic amines is 1. The molecular formula is C18H18FNO3S. The molecule has 0 fully saturated rings. The van der Waals surface area contributed by atoms with Gasteiger partial charge in [0.1, 0.15) is 5.82 Å². The van der Waals surface area contributed by atoms with E-state index >= 15 is 0 Å². The van der Waals surface area contributed by atoms with Crippen molar-refractivity contribution in [2.45, 2.75) is 24.7 Å². The van der Waals surface area contributed by atoms with Crippen LogP contribution in [0.5, 0.6) is 0 Å². The highest BCUT2D eigenvalue weighted by atomic mass is 32.2. The van der Waals surface area contributed by atoms with Crippen molar-refractivity contribution in [3.05, 3.63) is 65.6 Å². The zero-order valence-electron chi connectivity index (χ0n) is 13.3. The smallest absolute Gasteiger partial charge is 0.296 e. The summed E-state index contributed by atoms with van der Waals surface area (Å²) in [4.78, 5) is 3.24. The fourth-order valence-electron chi connectivity index (χ4n) is 2.63. The van der Waals surface area contributed by atoms with Crippen LogP contribution in [0, 0.1) is 12.7 Å². The SMILES string of the molecule is Cc1cccc(S(=O)(=O)OCCCc2c[nH]c3ccc(F)cc23)c1. The Morgan fingerprint density at radius 3 is 2.79 bits per heavy atom. The van der Waals surface area contributed by atoms with Gasteiger partial charge >= 0.3 is 0 Å². The maximum atomic E-state index is 13.3. The van der Waals surface area contributed by atoms with E-state index in [2.05, 4.69) is 4.98 Å². The molecule has 0 aliphatic heterocycles. The fourth-order valence-corrected chi connectivity index (χ4v) is 3.68. The molecule has 0 bridgehead atoms. The fraction of sp³-hybridized carbons (Fsp3) is 0.222. The molecule has 0 spiro atoms. The van der Waals surface area contributed by atoms with E-state index in [4.69, 9.17) is 4.18 Å². The van der Waals surface area contributed by atoms with Crippen LogP contribution in [0.4, 0.5) is 4.39 Å². The molecule has 0 radical (unpaired) electrons. The highest BCUT2D eigenvalue weighted by Gasteiger charge is 2.15. The molecule has 0 amide bonds. The van der Waals surface area contributed by atoms with Gasteiger partial charge in [-0.15, -0.1) is 0 Å². The van der Waals surface area contributed by atoms with Crippen molar-refractivity contribution in [2.24, 2.45) is 0 Å². The second-order valence-corrected chi connectivity index (χ2v) is 7.32. The number of fused-ring (bicyclic) bond motifs is 1. The molecule has 3 rings (SSSR count). The Morgan fingerprint density at radius 2 is 2.00 bits per heavy atom. The molecule has 0 saturated heterocycles. The molecule has 0 aliphatic carbocycles. The summed E-state index contributed by atoms with van der Waals surface area (Å²) in [6.45, 7) is 1.91. The van der Waals surface area contributed by atoms with Gasteiger partial charge in [-0.2, -0.15) is 8.42 Å². The van der Waals surface area contributed by atoms with Gasteiger partial charge in [0.15, 0.2) is 0 Å². The van der Waals surface area contributed by atoms with E-state index in [1.165, 1.54) is 18.2 Å². The second-order valence-electron chi connectivity index (χ2n) is 5.70. The van der Waals surface area contributed by atoms with Crippen LogP contribution >= 0.6 is 0 Å². The van der Waals surface area contributed by atoms with Gasteiger partial charge in [-0.05, 0) is 61.2 Å². The lowest BCUT2D eigenvalue weighted by Crippen LogP contribution is -2.08. The molecule has 3 aromatic rings. The molecule has 24 heavy (non-hydrogen) atoms. The largest absolute Gasteiger partial charge is 0.361 e. The van der Waals surface area contributed by atoms with Gasteiger partial charge in [0.05, 0.1) is 11.5 Å². The number of rotatable bonds is 6. The minimum absolute atomic E-state index is 0.0816. The Labute approximate surface area is 140 Å². The van der Waals surface area contributed by atoms with Crippen LogP contribution in [0.15, 0.2) is 53.6 Å². The van der Waals surface area contributed by atoms with E-state index < -0.39 is 10.1 Å². The van der Waals surface area contributed by atoms with Crippen molar-refractivity contribution in [3.63, 3.8) is 0 Å². The van der Waals surface area contributed by atoms with Gasteiger partial charge < -0.3 is 4.98 Å². The number of hydrogen-bond acceptors (Lipinski definition) is 3. The molecule has 0 aliphatic rings. The van der Waals surface area contributed by atoms with Crippen LogP contribution in [0.25, 0.3) is 10.9 Å². The third-order valence-corrected chi connectivity index (χ3v) is 5.14. The molecule has 2 aromatic carbocycles. The van der Waals surface area contributed by atoms with Gasteiger partial charge in [-0.1, -0.05) is 12.1 Å². The van der Waals surface area contributed by atoms with Crippen molar-refractivity contribution in [2.75, 3.05) is 6.61 Å². The average Bonchev–Trinajstić information content (AvgIpc) is 2.94. The van der Waals surface area contributed by atoms with E-state index in [1.54, 1.807) is 18.2 Å². The van der Waals surface area contributed by atoms with E-state index in [0.717, 1.165) is 22.0 Å². The number of aromatic nitrogens is 1. The summed E-state index contributed by atoms with van der Waals surface area (Å²) in [5.41, 5.74) is 2.67. The Balaban J connectivity index is 1.61.